The molecule has 0 radical (unpaired) electrons. The molecule has 4 N–H and O–H groups in total. The van der Waals surface area contributed by atoms with E-state index in [4.69, 9.17) is 14.2 Å². The van der Waals surface area contributed by atoms with Crippen LogP contribution in [0, 0.1) is 0 Å². The molecule has 0 aliphatic carbocycles. The number of aliphatic hydroxyl groups is 1. The molecule has 5 rings (SSSR count). The summed E-state index contributed by atoms with van der Waals surface area (Å²) in [5.74, 6) is 2.43. The molecule has 53 heavy (non-hydrogen) atoms. The van der Waals surface area contributed by atoms with Crippen LogP contribution in [0.25, 0.3) is 0 Å². The lowest BCUT2D eigenvalue weighted by atomic mass is 9.80. The van der Waals surface area contributed by atoms with Crippen molar-refractivity contribution >= 4 is 29.6 Å². The SMILES string of the molecule is COc1ccc(C(OCCN(CCO)C(=O)CCCCCNC(=O)CCCC[C@@H]2SC[C@@H]3NC(=O)N[C@@H]32)(c2ccccc2)c2ccc(OC)cc2)cc1. The maximum absolute atomic E-state index is 13.3. The van der Waals surface area contributed by atoms with E-state index in [2.05, 4.69) is 16.0 Å². The molecule has 0 spiro atoms. The van der Waals surface area contributed by atoms with Crippen molar-refractivity contribution in [3.63, 3.8) is 0 Å². The summed E-state index contributed by atoms with van der Waals surface area (Å²) >= 11 is 1.90. The van der Waals surface area contributed by atoms with E-state index in [-0.39, 0.29) is 49.7 Å². The third-order valence-electron chi connectivity index (χ3n) is 10.0. The van der Waals surface area contributed by atoms with Gasteiger partial charge in [0.15, 0.2) is 0 Å². The van der Waals surface area contributed by atoms with E-state index in [9.17, 15) is 19.5 Å². The number of amides is 4. The third-order valence-corrected chi connectivity index (χ3v) is 11.6. The number of ether oxygens (including phenoxy) is 3. The van der Waals surface area contributed by atoms with Crippen LogP contribution in [0.5, 0.6) is 11.5 Å². The van der Waals surface area contributed by atoms with Gasteiger partial charge in [0, 0.05) is 43.5 Å². The van der Waals surface area contributed by atoms with Gasteiger partial charge < -0.3 is 40.2 Å². The molecule has 0 unspecified atom stereocenters. The Kier molecular flexibility index (Phi) is 15.3. The number of urea groups is 1. The Hall–Kier alpha value is -4.26. The molecule has 3 aromatic carbocycles. The summed E-state index contributed by atoms with van der Waals surface area (Å²) in [4.78, 5) is 39.0. The number of carbonyl (C=O) groups is 3. The van der Waals surface area contributed by atoms with Gasteiger partial charge in [0.2, 0.25) is 11.8 Å². The summed E-state index contributed by atoms with van der Waals surface area (Å²) in [6.07, 6.45) is 5.91. The monoisotopic (exact) mass is 746 g/mol. The average molecular weight is 747 g/mol. The molecule has 286 valence electrons. The molecule has 0 aromatic heterocycles. The van der Waals surface area contributed by atoms with Crippen LogP contribution in [0.2, 0.25) is 0 Å². The Morgan fingerprint density at radius 2 is 1.47 bits per heavy atom. The molecule has 2 saturated heterocycles. The normalized spacial score (nSPS) is 17.8. The molecule has 0 bridgehead atoms. The number of aliphatic hydroxyl groups excluding tert-OH is 1. The second kappa shape index (κ2) is 20.3. The largest absolute Gasteiger partial charge is 0.497 e. The summed E-state index contributed by atoms with van der Waals surface area (Å²) in [6, 6.07) is 26.0. The number of nitrogens with zero attached hydrogens (tertiary/aromatic N) is 1. The minimum absolute atomic E-state index is 0.0365. The van der Waals surface area contributed by atoms with Crippen LogP contribution in [0.15, 0.2) is 78.9 Å². The average Bonchev–Trinajstić information content (AvgIpc) is 3.75. The topological polar surface area (TPSA) is 138 Å². The fourth-order valence-corrected chi connectivity index (χ4v) is 8.74. The second-order valence-corrected chi connectivity index (χ2v) is 14.8. The zero-order valence-corrected chi connectivity index (χ0v) is 31.7. The summed E-state index contributed by atoms with van der Waals surface area (Å²) in [7, 11) is 3.27. The highest BCUT2D eigenvalue weighted by Gasteiger charge is 2.42. The number of hydrogen-bond acceptors (Lipinski definition) is 8. The van der Waals surface area contributed by atoms with Crippen molar-refractivity contribution in [3.8, 4) is 11.5 Å². The molecule has 11 nitrogen and oxygen atoms in total. The number of methoxy groups -OCH3 is 2. The second-order valence-electron chi connectivity index (χ2n) is 13.5. The minimum atomic E-state index is -0.997. The lowest BCUT2D eigenvalue weighted by Crippen LogP contribution is -2.39. The van der Waals surface area contributed by atoms with E-state index in [1.54, 1.807) is 19.1 Å². The number of fused-ring (bicyclic) bond motifs is 1. The molecule has 12 heteroatoms. The number of rotatable bonds is 22. The fourth-order valence-electron chi connectivity index (χ4n) is 7.19. The molecule has 3 atom stereocenters. The Balaban J connectivity index is 1.09. The molecule has 3 aromatic rings. The zero-order chi connectivity index (χ0) is 37.5. The quantitative estimate of drug-likeness (QED) is 0.0623. The number of carbonyl (C=O) groups excluding carboxylic acids is 3. The predicted molar refractivity (Wildman–Crippen MR) is 207 cm³/mol. The van der Waals surface area contributed by atoms with Crippen molar-refractivity contribution in [1.82, 2.24) is 20.9 Å². The zero-order valence-electron chi connectivity index (χ0n) is 30.9. The van der Waals surface area contributed by atoms with Crippen LogP contribution in [0.3, 0.4) is 0 Å². The molecular formula is C41H54N4O7S. The Bertz CT molecular complexity index is 1540. The summed E-state index contributed by atoms with van der Waals surface area (Å²) in [5, 5.41) is 19.2. The first-order chi connectivity index (χ1) is 25.9. The highest BCUT2D eigenvalue weighted by molar-refractivity contribution is 8.00. The number of hydrogen-bond donors (Lipinski definition) is 4. The standard InChI is InChI=1S/C41H54N4O7S/c1-50-33-20-16-31(17-21-33)41(30-11-5-3-6-12-30,32-18-22-34(51-2)23-19-32)52-28-26-45(25-27-46)38(48)15-7-4-10-24-42-37(47)14-9-8-13-36-39-35(29-53-36)43-40(49)44-39/h3,5-6,11-12,16-23,35-36,39,46H,4,7-10,13-15,24-29H2,1-2H3,(H,42,47)(H2,43,44,49)/t35-,36-,39-/m0/s1. The Morgan fingerprint density at radius 1 is 0.830 bits per heavy atom. The molecule has 2 aliphatic rings. The first-order valence-electron chi connectivity index (χ1n) is 18.7. The van der Waals surface area contributed by atoms with Gasteiger partial charge in [-0.3, -0.25) is 9.59 Å². The first kappa shape index (κ1) is 39.9. The number of unbranched alkanes of at least 4 members (excludes halogenated alkanes) is 3. The summed E-state index contributed by atoms with van der Waals surface area (Å²) in [5.41, 5.74) is 1.74. The van der Waals surface area contributed by atoms with Gasteiger partial charge in [0.05, 0.1) is 39.5 Å². The highest BCUT2D eigenvalue weighted by atomic mass is 32.2. The van der Waals surface area contributed by atoms with E-state index in [0.29, 0.717) is 37.6 Å². The maximum Gasteiger partial charge on any atom is 0.315 e. The van der Waals surface area contributed by atoms with Crippen LogP contribution < -0.4 is 25.4 Å². The van der Waals surface area contributed by atoms with Crippen LogP contribution in [0.1, 0.15) is 68.1 Å². The van der Waals surface area contributed by atoms with Gasteiger partial charge in [0.1, 0.15) is 17.1 Å². The molecule has 2 heterocycles. The van der Waals surface area contributed by atoms with E-state index >= 15 is 0 Å². The molecular weight excluding hydrogens is 693 g/mol. The van der Waals surface area contributed by atoms with Crippen molar-refractivity contribution in [2.45, 2.75) is 74.3 Å². The van der Waals surface area contributed by atoms with Crippen LogP contribution >= 0.6 is 11.8 Å². The molecule has 2 fully saturated rings. The van der Waals surface area contributed by atoms with E-state index in [1.165, 1.54) is 0 Å². The van der Waals surface area contributed by atoms with Gasteiger partial charge in [-0.2, -0.15) is 11.8 Å². The fraction of sp³-hybridized carbons (Fsp3) is 0.488. The van der Waals surface area contributed by atoms with Crippen molar-refractivity contribution in [1.29, 1.82) is 0 Å². The maximum atomic E-state index is 13.3. The van der Waals surface area contributed by atoms with E-state index in [1.807, 2.05) is 90.6 Å². The number of benzene rings is 3. The van der Waals surface area contributed by atoms with Crippen molar-refractivity contribution in [2.75, 3.05) is 52.8 Å². The summed E-state index contributed by atoms with van der Waals surface area (Å²) in [6.45, 7) is 1.18. The lowest BCUT2D eigenvalue weighted by Gasteiger charge is -2.37. The minimum Gasteiger partial charge on any atom is -0.497 e. The summed E-state index contributed by atoms with van der Waals surface area (Å²) < 4.78 is 17.8. The van der Waals surface area contributed by atoms with Gasteiger partial charge in [0.25, 0.3) is 0 Å². The van der Waals surface area contributed by atoms with E-state index < -0.39 is 5.60 Å². The van der Waals surface area contributed by atoms with Crippen molar-refractivity contribution < 1.29 is 33.7 Å². The van der Waals surface area contributed by atoms with Gasteiger partial charge in [-0.05, 0) is 66.6 Å². The molecule has 4 amide bonds. The lowest BCUT2D eigenvalue weighted by molar-refractivity contribution is -0.133. The number of nitrogens with one attached hydrogen (secondary N) is 3. The number of thioether (sulfide) groups is 1. The van der Waals surface area contributed by atoms with Gasteiger partial charge >= 0.3 is 6.03 Å². The molecule has 2 aliphatic heterocycles. The van der Waals surface area contributed by atoms with Gasteiger partial charge in [-0.15, -0.1) is 0 Å². The van der Waals surface area contributed by atoms with Gasteiger partial charge in [-0.25, -0.2) is 4.79 Å². The predicted octanol–water partition coefficient (Wildman–Crippen LogP) is 5.24. The van der Waals surface area contributed by atoms with E-state index in [0.717, 1.165) is 66.0 Å². The van der Waals surface area contributed by atoms with Crippen molar-refractivity contribution in [3.05, 3.63) is 95.6 Å². The Morgan fingerprint density at radius 3 is 2.11 bits per heavy atom. The van der Waals surface area contributed by atoms with Gasteiger partial charge in [-0.1, -0.05) is 67.4 Å². The molecule has 0 saturated carbocycles. The highest BCUT2D eigenvalue weighted by Crippen LogP contribution is 2.41. The first-order valence-corrected chi connectivity index (χ1v) is 19.7. The third kappa shape index (κ3) is 10.7. The smallest absolute Gasteiger partial charge is 0.315 e. The Labute approximate surface area is 317 Å². The van der Waals surface area contributed by atoms with Crippen LogP contribution in [-0.2, 0) is 19.9 Å². The van der Waals surface area contributed by atoms with Crippen LogP contribution in [-0.4, -0.2) is 98.0 Å². The van der Waals surface area contributed by atoms with Crippen molar-refractivity contribution in [2.24, 2.45) is 0 Å². The van der Waals surface area contributed by atoms with Crippen LogP contribution in [0.4, 0.5) is 4.79 Å².